The van der Waals surface area contributed by atoms with Gasteiger partial charge in [0, 0.05) is 22.0 Å². The minimum absolute atomic E-state index is 0.145. The van der Waals surface area contributed by atoms with Crippen molar-refractivity contribution in [1.82, 2.24) is 0 Å². The molecule has 0 fully saturated rings. The average Bonchev–Trinajstić information content (AvgIpc) is 2.97. The maximum atomic E-state index is 7.95. The second kappa shape index (κ2) is 7.52. The van der Waals surface area contributed by atoms with E-state index in [2.05, 4.69) is 48.4 Å². The molecule has 2 aromatic rings. The van der Waals surface area contributed by atoms with Crippen LogP contribution < -0.4 is 10.6 Å². The van der Waals surface area contributed by atoms with Gasteiger partial charge in [0.1, 0.15) is 5.84 Å². The molecule has 0 aliphatic carbocycles. The smallest absolute Gasteiger partial charge is 0.126 e. The number of nitrogens with one attached hydrogen (secondary N) is 1. The van der Waals surface area contributed by atoms with E-state index < -0.39 is 0 Å². The lowest BCUT2D eigenvalue weighted by molar-refractivity contribution is 0.839. The fourth-order valence-corrected chi connectivity index (χ4v) is 3.85. The Labute approximate surface area is 134 Å². The summed E-state index contributed by atoms with van der Waals surface area (Å²) >= 11 is 3.49. The SMILES string of the molecule is CCSc1cccc(N(CC)Cc2cccs2)c1C(=N)N. The summed E-state index contributed by atoms with van der Waals surface area (Å²) in [5.74, 6) is 1.12. The van der Waals surface area contributed by atoms with Crippen molar-refractivity contribution in [2.75, 3.05) is 17.2 Å². The quantitative estimate of drug-likeness (QED) is 0.457. The molecule has 1 aromatic carbocycles. The van der Waals surface area contributed by atoms with E-state index in [1.54, 1.807) is 23.1 Å². The molecule has 3 N–H and O–H groups in total. The summed E-state index contributed by atoms with van der Waals surface area (Å²) in [6.45, 7) is 5.99. The first-order valence-corrected chi connectivity index (χ1v) is 8.91. The number of benzene rings is 1. The zero-order valence-electron chi connectivity index (χ0n) is 12.4. The van der Waals surface area contributed by atoms with Crippen LogP contribution in [0.1, 0.15) is 24.3 Å². The number of thiophene rings is 1. The third kappa shape index (κ3) is 3.80. The highest BCUT2D eigenvalue weighted by atomic mass is 32.2. The molecule has 0 saturated carbocycles. The molecular formula is C16H21N3S2. The Kier molecular flexibility index (Phi) is 5.70. The third-order valence-electron chi connectivity index (χ3n) is 3.22. The van der Waals surface area contributed by atoms with Crippen LogP contribution in [0.2, 0.25) is 0 Å². The molecule has 0 atom stereocenters. The first-order chi connectivity index (χ1) is 10.2. The van der Waals surface area contributed by atoms with Gasteiger partial charge < -0.3 is 10.6 Å². The van der Waals surface area contributed by atoms with Crippen molar-refractivity contribution in [1.29, 1.82) is 5.41 Å². The highest BCUT2D eigenvalue weighted by Gasteiger charge is 2.16. The normalized spacial score (nSPS) is 10.6. The summed E-state index contributed by atoms with van der Waals surface area (Å²) in [4.78, 5) is 4.69. The number of anilines is 1. The number of thioether (sulfide) groups is 1. The van der Waals surface area contributed by atoms with E-state index in [4.69, 9.17) is 11.1 Å². The second-order valence-corrected chi connectivity index (χ2v) is 6.93. The van der Waals surface area contributed by atoms with Gasteiger partial charge in [-0.15, -0.1) is 23.1 Å². The van der Waals surface area contributed by atoms with Gasteiger partial charge in [0.25, 0.3) is 0 Å². The van der Waals surface area contributed by atoms with Crippen LogP contribution in [0.3, 0.4) is 0 Å². The molecule has 2 rings (SSSR count). The van der Waals surface area contributed by atoms with Crippen molar-refractivity contribution in [2.24, 2.45) is 5.73 Å². The van der Waals surface area contributed by atoms with Gasteiger partial charge >= 0.3 is 0 Å². The highest BCUT2D eigenvalue weighted by Crippen LogP contribution is 2.31. The molecule has 1 aromatic heterocycles. The minimum atomic E-state index is 0.145. The van der Waals surface area contributed by atoms with Crippen LogP contribution in [-0.2, 0) is 6.54 Å². The predicted molar refractivity (Wildman–Crippen MR) is 94.9 cm³/mol. The van der Waals surface area contributed by atoms with Crippen molar-refractivity contribution in [3.05, 3.63) is 46.2 Å². The van der Waals surface area contributed by atoms with Crippen LogP contribution in [0.15, 0.2) is 40.6 Å². The number of hydrogen-bond donors (Lipinski definition) is 2. The molecular weight excluding hydrogens is 298 g/mol. The monoisotopic (exact) mass is 319 g/mol. The molecule has 3 nitrogen and oxygen atoms in total. The molecule has 0 amide bonds. The Morgan fingerprint density at radius 3 is 2.67 bits per heavy atom. The van der Waals surface area contributed by atoms with Crippen molar-refractivity contribution in [3.63, 3.8) is 0 Å². The van der Waals surface area contributed by atoms with Gasteiger partial charge in [-0.05, 0) is 36.3 Å². The topological polar surface area (TPSA) is 53.1 Å². The largest absolute Gasteiger partial charge is 0.384 e. The van der Waals surface area contributed by atoms with Gasteiger partial charge in [-0.3, -0.25) is 5.41 Å². The standard InChI is InChI=1S/C16H21N3S2/c1-3-19(11-12-7-6-10-21-12)13-8-5-9-14(20-4-2)15(13)16(17)18/h5-10H,3-4,11H2,1-2H3,(H3,17,18). The number of rotatable bonds is 7. The lowest BCUT2D eigenvalue weighted by atomic mass is 10.1. The number of nitrogens with zero attached hydrogens (tertiary/aromatic N) is 1. The van der Waals surface area contributed by atoms with Crippen molar-refractivity contribution >= 4 is 34.6 Å². The van der Waals surface area contributed by atoms with E-state index in [1.807, 2.05) is 6.07 Å². The van der Waals surface area contributed by atoms with Gasteiger partial charge in [0.2, 0.25) is 0 Å². The maximum Gasteiger partial charge on any atom is 0.126 e. The summed E-state index contributed by atoms with van der Waals surface area (Å²) in [5, 5.41) is 10.0. The Morgan fingerprint density at radius 1 is 1.29 bits per heavy atom. The maximum absolute atomic E-state index is 7.95. The van der Waals surface area contributed by atoms with Crippen molar-refractivity contribution in [2.45, 2.75) is 25.3 Å². The Morgan fingerprint density at radius 2 is 2.10 bits per heavy atom. The van der Waals surface area contributed by atoms with E-state index in [1.165, 1.54) is 4.88 Å². The Balaban J connectivity index is 2.40. The number of hydrogen-bond acceptors (Lipinski definition) is 4. The molecule has 0 saturated heterocycles. The fourth-order valence-electron chi connectivity index (χ4n) is 2.29. The van der Waals surface area contributed by atoms with Crippen LogP contribution in [0, 0.1) is 5.41 Å². The van der Waals surface area contributed by atoms with Gasteiger partial charge in [-0.1, -0.05) is 19.1 Å². The zero-order valence-corrected chi connectivity index (χ0v) is 14.1. The van der Waals surface area contributed by atoms with E-state index in [9.17, 15) is 0 Å². The second-order valence-electron chi connectivity index (χ2n) is 4.59. The zero-order chi connectivity index (χ0) is 15.2. The third-order valence-corrected chi connectivity index (χ3v) is 5.02. The number of nitrogen functional groups attached to an aromatic ring is 1. The van der Waals surface area contributed by atoms with Gasteiger partial charge in [0.05, 0.1) is 12.1 Å². The molecule has 0 aliphatic heterocycles. The molecule has 0 radical (unpaired) electrons. The van der Waals surface area contributed by atoms with Gasteiger partial charge in [0.15, 0.2) is 0 Å². The van der Waals surface area contributed by atoms with Crippen molar-refractivity contribution in [3.8, 4) is 0 Å². The lowest BCUT2D eigenvalue weighted by Crippen LogP contribution is -2.26. The number of amidine groups is 1. The summed E-state index contributed by atoms with van der Waals surface area (Å²) in [6.07, 6.45) is 0. The lowest BCUT2D eigenvalue weighted by Gasteiger charge is -2.26. The summed E-state index contributed by atoms with van der Waals surface area (Å²) < 4.78 is 0. The van der Waals surface area contributed by atoms with Gasteiger partial charge in [-0.2, -0.15) is 0 Å². The molecule has 21 heavy (non-hydrogen) atoms. The van der Waals surface area contributed by atoms with Crippen LogP contribution in [-0.4, -0.2) is 18.1 Å². The highest BCUT2D eigenvalue weighted by molar-refractivity contribution is 7.99. The minimum Gasteiger partial charge on any atom is -0.384 e. The number of nitrogens with two attached hydrogens (primary N) is 1. The first kappa shape index (κ1) is 15.9. The molecule has 5 heteroatoms. The molecule has 0 bridgehead atoms. The summed E-state index contributed by atoms with van der Waals surface area (Å²) in [7, 11) is 0. The Hall–Kier alpha value is -1.46. The molecule has 112 valence electrons. The van der Waals surface area contributed by atoms with Crippen LogP contribution >= 0.6 is 23.1 Å². The van der Waals surface area contributed by atoms with E-state index in [-0.39, 0.29) is 5.84 Å². The molecule has 1 heterocycles. The average molecular weight is 319 g/mol. The molecule has 0 unspecified atom stereocenters. The van der Waals surface area contributed by atoms with E-state index in [0.717, 1.165) is 35.0 Å². The van der Waals surface area contributed by atoms with Crippen LogP contribution in [0.5, 0.6) is 0 Å². The van der Waals surface area contributed by atoms with Crippen LogP contribution in [0.25, 0.3) is 0 Å². The van der Waals surface area contributed by atoms with Crippen molar-refractivity contribution < 1.29 is 0 Å². The predicted octanol–water partition coefficient (Wildman–Crippen LogP) is 4.17. The van der Waals surface area contributed by atoms with Gasteiger partial charge in [-0.25, -0.2) is 0 Å². The summed E-state index contributed by atoms with van der Waals surface area (Å²) in [5.41, 5.74) is 7.77. The van der Waals surface area contributed by atoms with Crippen LogP contribution in [0.4, 0.5) is 5.69 Å². The summed E-state index contributed by atoms with van der Waals surface area (Å²) in [6, 6.07) is 10.4. The fraction of sp³-hybridized carbons (Fsp3) is 0.312. The van der Waals surface area contributed by atoms with E-state index >= 15 is 0 Å². The molecule has 0 aliphatic rings. The van der Waals surface area contributed by atoms with E-state index in [0.29, 0.717) is 0 Å². The molecule has 0 spiro atoms. The first-order valence-electron chi connectivity index (χ1n) is 7.04. The Bertz CT molecular complexity index is 594.